The maximum Gasteiger partial charge on any atom is 0.255 e. The average molecular weight is 349 g/mol. The van der Waals surface area contributed by atoms with E-state index in [0.29, 0.717) is 11.3 Å². The molecule has 126 valence electrons. The van der Waals surface area contributed by atoms with Gasteiger partial charge in [0, 0.05) is 16.7 Å². The molecular formula is C18H18ClFN2O2. The standard InChI is InChI=1S/C18H18ClFN2O2/c1-18(2,3)17(24)21-12-7-4-6-11(10-12)16(23)22-14-9-5-8-13(19)15(14)20/h4-10H,1-3H3,(H,21,24)(H,22,23). The normalized spacial score (nSPS) is 11.0. The van der Waals surface area contributed by atoms with Gasteiger partial charge in [0.25, 0.3) is 5.91 Å². The van der Waals surface area contributed by atoms with Gasteiger partial charge in [-0.15, -0.1) is 0 Å². The second kappa shape index (κ2) is 7.01. The van der Waals surface area contributed by atoms with E-state index in [0.717, 1.165) is 0 Å². The van der Waals surface area contributed by atoms with Crippen molar-refractivity contribution in [2.45, 2.75) is 20.8 Å². The van der Waals surface area contributed by atoms with Crippen molar-refractivity contribution in [3.8, 4) is 0 Å². The molecule has 0 aliphatic heterocycles. The van der Waals surface area contributed by atoms with Crippen LogP contribution in [0.1, 0.15) is 31.1 Å². The van der Waals surface area contributed by atoms with Crippen LogP contribution in [0.5, 0.6) is 0 Å². The molecule has 0 spiro atoms. The molecule has 0 aliphatic rings. The lowest BCUT2D eigenvalue weighted by Gasteiger charge is -2.18. The number of hydrogen-bond donors (Lipinski definition) is 2. The molecule has 2 aromatic carbocycles. The third kappa shape index (κ3) is 4.32. The topological polar surface area (TPSA) is 58.2 Å². The Kier molecular flexibility index (Phi) is 5.24. The quantitative estimate of drug-likeness (QED) is 0.843. The van der Waals surface area contributed by atoms with Crippen molar-refractivity contribution < 1.29 is 14.0 Å². The summed E-state index contributed by atoms with van der Waals surface area (Å²) in [4.78, 5) is 24.3. The van der Waals surface area contributed by atoms with Crippen molar-refractivity contribution in [1.29, 1.82) is 0 Å². The molecular weight excluding hydrogens is 331 g/mol. The highest BCUT2D eigenvalue weighted by molar-refractivity contribution is 6.31. The first-order chi connectivity index (χ1) is 11.2. The molecule has 0 bridgehead atoms. The van der Waals surface area contributed by atoms with Gasteiger partial charge in [-0.05, 0) is 30.3 Å². The molecule has 2 rings (SSSR count). The maximum atomic E-state index is 13.9. The van der Waals surface area contributed by atoms with E-state index in [1.54, 1.807) is 45.0 Å². The fourth-order valence-corrected chi connectivity index (χ4v) is 2.03. The SMILES string of the molecule is CC(C)(C)C(=O)Nc1cccc(C(=O)Nc2cccc(Cl)c2F)c1. The van der Waals surface area contributed by atoms with Gasteiger partial charge in [0.15, 0.2) is 5.82 Å². The van der Waals surface area contributed by atoms with Crippen molar-refractivity contribution >= 4 is 34.8 Å². The number of anilines is 2. The number of carbonyl (C=O) groups excluding carboxylic acids is 2. The molecule has 4 nitrogen and oxygen atoms in total. The zero-order valence-corrected chi connectivity index (χ0v) is 14.4. The summed E-state index contributed by atoms with van der Waals surface area (Å²) in [7, 11) is 0. The van der Waals surface area contributed by atoms with Crippen molar-refractivity contribution in [3.05, 3.63) is 58.9 Å². The van der Waals surface area contributed by atoms with Gasteiger partial charge in [-0.1, -0.05) is 44.5 Å². The largest absolute Gasteiger partial charge is 0.326 e. The van der Waals surface area contributed by atoms with Crippen molar-refractivity contribution in [2.75, 3.05) is 10.6 Å². The second-order valence-corrected chi connectivity index (χ2v) is 6.75. The average Bonchev–Trinajstić information content (AvgIpc) is 2.51. The minimum atomic E-state index is -0.690. The van der Waals surface area contributed by atoms with Crippen LogP contribution >= 0.6 is 11.6 Å². The zero-order valence-electron chi connectivity index (χ0n) is 13.6. The van der Waals surface area contributed by atoms with E-state index in [1.165, 1.54) is 18.2 Å². The van der Waals surface area contributed by atoms with Crippen LogP contribution in [-0.4, -0.2) is 11.8 Å². The predicted octanol–water partition coefficient (Wildman–Crippen LogP) is 4.72. The third-order valence-electron chi connectivity index (χ3n) is 3.26. The lowest BCUT2D eigenvalue weighted by atomic mass is 9.95. The summed E-state index contributed by atoms with van der Waals surface area (Å²) in [5, 5.41) is 5.14. The van der Waals surface area contributed by atoms with Gasteiger partial charge < -0.3 is 10.6 Å². The molecule has 0 radical (unpaired) electrons. The van der Waals surface area contributed by atoms with Crippen LogP contribution in [0.25, 0.3) is 0 Å². The smallest absolute Gasteiger partial charge is 0.255 e. The van der Waals surface area contributed by atoms with E-state index in [9.17, 15) is 14.0 Å². The summed E-state index contributed by atoms with van der Waals surface area (Å²) in [6, 6.07) is 10.8. The summed E-state index contributed by atoms with van der Waals surface area (Å²) < 4.78 is 13.9. The Morgan fingerprint density at radius 1 is 1.04 bits per heavy atom. The minimum Gasteiger partial charge on any atom is -0.326 e. The van der Waals surface area contributed by atoms with Gasteiger partial charge in [-0.3, -0.25) is 9.59 Å². The molecule has 0 aliphatic carbocycles. The first kappa shape index (κ1) is 17.9. The summed E-state index contributed by atoms with van der Waals surface area (Å²) in [5.41, 5.74) is 0.231. The molecule has 0 saturated carbocycles. The van der Waals surface area contributed by atoms with E-state index in [2.05, 4.69) is 10.6 Å². The molecule has 2 amide bonds. The van der Waals surface area contributed by atoms with Crippen LogP contribution in [0.3, 0.4) is 0 Å². The Labute approximate surface area is 145 Å². The van der Waals surface area contributed by atoms with Crippen molar-refractivity contribution in [2.24, 2.45) is 5.41 Å². The summed E-state index contributed by atoms with van der Waals surface area (Å²) in [5.74, 6) is -1.35. The monoisotopic (exact) mass is 348 g/mol. The van der Waals surface area contributed by atoms with Crippen LogP contribution in [0.15, 0.2) is 42.5 Å². The molecule has 0 unspecified atom stereocenters. The molecule has 0 aromatic heterocycles. The number of amides is 2. The van der Waals surface area contributed by atoms with Crippen LogP contribution in [0, 0.1) is 11.2 Å². The van der Waals surface area contributed by atoms with E-state index < -0.39 is 17.1 Å². The number of carbonyl (C=O) groups is 2. The van der Waals surface area contributed by atoms with Gasteiger partial charge in [0.1, 0.15) is 0 Å². The lowest BCUT2D eigenvalue weighted by Crippen LogP contribution is -2.27. The van der Waals surface area contributed by atoms with Gasteiger partial charge in [-0.25, -0.2) is 4.39 Å². The Morgan fingerprint density at radius 2 is 1.71 bits per heavy atom. The van der Waals surface area contributed by atoms with Gasteiger partial charge >= 0.3 is 0 Å². The maximum absolute atomic E-state index is 13.9. The highest BCUT2D eigenvalue weighted by Crippen LogP contribution is 2.23. The summed E-state index contributed by atoms with van der Waals surface area (Å²) >= 11 is 5.69. The van der Waals surface area contributed by atoms with E-state index in [4.69, 9.17) is 11.6 Å². The van der Waals surface area contributed by atoms with E-state index in [1.807, 2.05) is 0 Å². The van der Waals surface area contributed by atoms with Gasteiger partial charge in [0.2, 0.25) is 5.91 Å². The molecule has 0 heterocycles. The number of hydrogen-bond acceptors (Lipinski definition) is 2. The summed E-state index contributed by atoms with van der Waals surface area (Å²) in [6.07, 6.45) is 0. The van der Waals surface area contributed by atoms with Gasteiger partial charge in [-0.2, -0.15) is 0 Å². The molecule has 0 saturated heterocycles. The number of nitrogens with one attached hydrogen (secondary N) is 2. The number of halogens is 2. The fraction of sp³-hybridized carbons (Fsp3) is 0.222. The first-order valence-electron chi connectivity index (χ1n) is 7.35. The first-order valence-corrected chi connectivity index (χ1v) is 7.73. The van der Waals surface area contributed by atoms with Crippen LogP contribution in [0.4, 0.5) is 15.8 Å². The lowest BCUT2D eigenvalue weighted by molar-refractivity contribution is -0.123. The molecule has 2 N–H and O–H groups in total. The molecule has 2 aromatic rings. The van der Waals surface area contributed by atoms with Crippen LogP contribution in [-0.2, 0) is 4.79 Å². The minimum absolute atomic E-state index is 0.00312. The number of benzene rings is 2. The Balaban J connectivity index is 2.17. The number of rotatable bonds is 3. The highest BCUT2D eigenvalue weighted by Gasteiger charge is 2.21. The van der Waals surface area contributed by atoms with E-state index in [-0.39, 0.29) is 16.6 Å². The third-order valence-corrected chi connectivity index (χ3v) is 3.56. The van der Waals surface area contributed by atoms with Crippen molar-refractivity contribution in [1.82, 2.24) is 0 Å². The van der Waals surface area contributed by atoms with Crippen LogP contribution in [0.2, 0.25) is 5.02 Å². The Morgan fingerprint density at radius 3 is 2.38 bits per heavy atom. The summed E-state index contributed by atoms with van der Waals surface area (Å²) in [6.45, 7) is 5.38. The van der Waals surface area contributed by atoms with Crippen LogP contribution < -0.4 is 10.6 Å². The Hall–Kier alpha value is -2.40. The van der Waals surface area contributed by atoms with Gasteiger partial charge in [0.05, 0.1) is 10.7 Å². The molecule has 24 heavy (non-hydrogen) atoms. The molecule has 6 heteroatoms. The Bertz CT molecular complexity index is 785. The predicted molar refractivity (Wildman–Crippen MR) is 93.9 cm³/mol. The highest BCUT2D eigenvalue weighted by atomic mass is 35.5. The van der Waals surface area contributed by atoms with E-state index >= 15 is 0 Å². The molecule has 0 fully saturated rings. The fourth-order valence-electron chi connectivity index (χ4n) is 1.85. The van der Waals surface area contributed by atoms with Crippen molar-refractivity contribution in [3.63, 3.8) is 0 Å². The zero-order chi connectivity index (χ0) is 17.9. The molecule has 0 atom stereocenters. The second-order valence-electron chi connectivity index (χ2n) is 6.34.